The highest BCUT2D eigenvalue weighted by Crippen LogP contribution is 2.42. The Hall–Kier alpha value is -3.75. The number of halogens is 3. The van der Waals surface area contributed by atoms with Crippen molar-refractivity contribution in [3.8, 4) is 28.3 Å². The predicted molar refractivity (Wildman–Crippen MR) is 101 cm³/mol. The van der Waals surface area contributed by atoms with Crippen LogP contribution in [0.3, 0.4) is 0 Å². The molecule has 0 atom stereocenters. The van der Waals surface area contributed by atoms with Gasteiger partial charge >= 0.3 is 6.18 Å². The van der Waals surface area contributed by atoms with Crippen LogP contribution in [0.15, 0.2) is 54.7 Å². The number of nitrogens with one attached hydrogen (secondary N) is 3. The van der Waals surface area contributed by atoms with E-state index in [2.05, 4.69) is 20.7 Å². The Bertz CT molecular complexity index is 1190. The van der Waals surface area contributed by atoms with E-state index < -0.39 is 17.6 Å². The molecule has 0 unspecified atom stereocenters. The molecule has 0 aliphatic rings. The summed E-state index contributed by atoms with van der Waals surface area (Å²) in [5.74, 6) is -0.693. The number of amides is 1. The SMILES string of the molecule is CC(=O)NOc1cccc(C(F)(F)F)c1-c1cc(-c2c[nH]c3ccccc23)n[nH]1. The Morgan fingerprint density at radius 2 is 1.93 bits per heavy atom. The van der Waals surface area contributed by atoms with Crippen LogP contribution in [0.2, 0.25) is 0 Å². The van der Waals surface area contributed by atoms with Gasteiger partial charge in [0.25, 0.3) is 0 Å². The Kier molecular flexibility index (Phi) is 4.50. The van der Waals surface area contributed by atoms with Crippen LogP contribution in [0, 0.1) is 0 Å². The molecule has 0 saturated carbocycles. The van der Waals surface area contributed by atoms with Gasteiger partial charge in [-0.25, -0.2) is 0 Å². The maximum Gasteiger partial charge on any atom is 0.417 e. The summed E-state index contributed by atoms with van der Waals surface area (Å²) in [6, 6.07) is 12.5. The van der Waals surface area contributed by atoms with Crippen LogP contribution in [0.4, 0.5) is 13.2 Å². The standard InChI is InChI=1S/C20H15F3N4O2/c1-11(28)27-29-18-8-4-6-14(20(21,22)23)19(18)17-9-16(25-26-17)13-10-24-15-7-3-2-5-12(13)15/h2-10,24H,1H3,(H,25,26)(H,27,28). The van der Waals surface area contributed by atoms with Crippen molar-refractivity contribution >= 4 is 16.8 Å². The van der Waals surface area contributed by atoms with E-state index in [9.17, 15) is 18.0 Å². The molecule has 3 N–H and O–H groups in total. The molecule has 9 heteroatoms. The van der Waals surface area contributed by atoms with Crippen LogP contribution in [0.5, 0.6) is 5.75 Å². The number of nitrogens with zero attached hydrogens (tertiary/aromatic N) is 1. The number of hydroxylamine groups is 1. The quantitative estimate of drug-likeness (QED) is 0.435. The summed E-state index contributed by atoms with van der Waals surface area (Å²) in [5, 5.41) is 7.74. The molecule has 148 valence electrons. The monoisotopic (exact) mass is 400 g/mol. The third-order valence-electron chi connectivity index (χ3n) is 4.35. The lowest BCUT2D eigenvalue weighted by Gasteiger charge is -2.15. The molecule has 29 heavy (non-hydrogen) atoms. The van der Waals surface area contributed by atoms with E-state index in [4.69, 9.17) is 4.84 Å². The molecule has 2 heterocycles. The molecular weight excluding hydrogens is 385 g/mol. The van der Waals surface area contributed by atoms with Crippen molar-refractivity contribution in [1.29, 1.82) is 0 Å². The summed E-state index contributed by atoms with van der Waals surface area (Å²) < 4.78 is 40.9. The van der Waals surface area contributed by atoms with Gasteiger partial charge in [0, 0.05) is 29.6 Å². The third-order valence-corrected chi connectivity index (χ3v) is 4.35. The Morgan fingerprint density at radius 1 is 1.14 bits per heavy atom. The molecule has 0 radical (unpaired) electrons. The van der Waals surface area contributed by atoms with Crippen LogP contribution in [-0.4, -0.2) is 21.1 Å². The van der Waals surface area contributed by atoms with Crippen LogP contribution in [-0.2, 0) is 11.0 Å². The second kappa shape index (κ2) is 7.01. The lowest BCUT2D eigenvalue weighted by molar-refractivity contribution is -0.137. The summed E-state index contributed by atoms with van der Waals surface area (Å²) in [7, 11) is 0. The number of aromatic nitrogens is 3. The van der Waals surface area contributed by atoms with Crippen molar-refractivity contribution in [3.05, 3.63) is 60.3 Å². The minimum absolute atomic E-state index is 0.110. The topological polar surface area (TPSA) is 82.8 Å². The number of aromatic amines is 2. The maximum absolute atomic E-state index is 13.6. The van der Waals surface area contributed by atoms with Gasteiger partial charge in [0.15, 0.2) is 5.75 Å². The van der Waals surface area contributed by atoms with Crippen molar-refractivity contribution in [2.45, 2.75) is 13.1 Å². The first-order chi connectivity index (χ1) is 13.8. The zero-order valence-electron chi connectivity index (χ0n) is 15.1. The first kappa shape index (κ1) is 18.6. The average molecular weight is 400 g/mol. The largest absolute Gasteiger partial charge is 0.417 e. The lowest BCUT2D eigenvalue weighted by atomic mass is 10.0. The van der Waals surface area contributed by atoms with Gasteiger partial charge in [-0.3, -0.25) is 9.89 Å². The summed E-state index contributed by atoms with van der Waals surface area (Å²) >= 11 is 0. The molecule has 2 aromatic heterocycles. The summed E-state index contributed by atoms with van der Waals surface area (Å²) in [6.45, 7) is 1.19. The van der Waals surface area contributed by atoms with Crippen molar-refractivity contribution in [2.24, 2.45) is 0 Å². The molecule has 4 rings (SSSR count). The van der Waals surface area contributed by atoms with Crippen molar-refractivity contribution in [1.82, 2.24) is 20.7 Å². The molecule has 1 amide bonds. The molecule has 2 aromatic carbocycles. The number of rotatable bonds is 4. The van der Waals surface area contributed by atoms with E-state index in [1.165, 1.54) is 25.1 Å². The minimum atomic E-state index is -4.63. The van der Waals surface area contributed by atoms with Crippen LogP contribution in [0.1, 0.15) is 12.5 Å². The second-order valence-corrected chi connectivity index (χ2v) is 6.35. The smallest absolute Gasteiger partial charge is 0.379 e. The fourth-order valence-electron chi connectivity index (χ4n) is 3.13. The normalized spacial score (nSPS) is 11.6. The first-order valence-electron chi connectivity index (χ1n) is 8.60. The van der Waals surface area contributed by atoms with Crippen LogP contribution in [0.25, 0.3) is 33.4 Å². The zero-order chi connectivity index (χ0) is 20.6. The molecule has 0 aliphatic carbocycles. The molecule has 4 aromatic rings. The number of fused-ring (bicyclic) bond motifs is 1. The zero-order valence-corrected chi connectivity index (χ0v) is 15.1. The maximum atomic E-state index is 13.6. The van der Waals surface area contributed by atoms with E-state index in [1.54, 1.807) is 6.20 Å². The molecule has 0 saturated heterocycles. The number of H-pyrrole nitrogens is 2. The van der Waals surface area contributed by atoms with Gasteiger partial charge in [0.05, 0.1) is 22.5 Å². The van der Waals surface area contributed by atoms with E-state index in [0.29, 0.717) is 5.69 Å². The molecule has 0 aliphatic heterocycles. The lowest BCUT2D eigenvalue weighted by Crippen LogP contribution is -2.24. The second-order valence-electron chi connectivity index (χ2n) is 6.35. The highest BCUT2D eigenvalue weighted by molar-refractivity contribution is 5.95. The van der Waals surface area contributed by atoms with E-state index >= 15 is 0 Å². The summed E-state index contributed by atoms with van der Waals surface area (Å²) in [6.07, 6.45) is -2.88. The number of para-hydroxylation sites is 1. The predicted octanol–water partition coefficient (Wildman–Crippen LogP) is 4.67. The molecule has 0 fully saturated rings. The molecule has 6 nitrogen and oxygen atoms in total. The first-order valence-corrected chi connectivity index (χ1v) is 8.60. The fourth-order valence-corrected chi connectivity index (χ4v) is 3.13. The van der Waals surface area contributed by atoms with Gasteiger partial charge in [-0.2, -0.15) is 23.8 Å². The van der Waals surface area contributed by atoms with Crippen molar-refractivity contribution < 1.29 is 22.8 Å². The van der Waals surface area contributed by atoms with Gasteiger partial charge in [-0.1, -0.05) is 24.3 Å². The van der Waals surface area contributed by atoms with E-state index in [-0.39, 0.29) is 17.0 Å². The average Bonchev–Trinajstić information content (AvgIpc) is 3.32. The van der Waals surface area contributed by atoms with Gasteiger partial charge in [0.2, 0.25) is 5.91 Å². The minimum Gasteiger partial charge on any atom is -0.379 e. The van der Waals surface area contributed by atoms with Crippen molar-refractivity contribution in [2.75, 3.05) is 0 Å². The number of carbonyl (C=O) groups excluding carboxylic acids is 1. The summed E-state index contributed by atoms with van der Waals surface area (Å²) in [4.78, 5) is 19.4. The van der Waals surface area contributed by atoms with Crippen LogP contribution >= 0.6 is 0 Å². The Balaban J connectivity index is 1.83. The molecule has 0 bridgehead atoms. The van der Waals surface area contributed by atoms with E-state index in [1.807, 2.05) is 24.3 Å². The Labute approximate surface area is 162 Å². The highest BCUT2D eigenvalue weighted by Gasteiger charge is 2.36. The van der Waals surface area contributed by atoms with Gasteiger partial charge in [0.1, 0.15) is 0 Å². The van der Waals surface area contributed by atoms with Gasteiger partial charge in [-0.05, 0) is 24.3 Å². The highest BCUT2D eigenvalue weighted by atomic mass is 19.4. The molecule has 0 spiro atoms. The Morgan fingerprint density at radius 3 is 2.69 bits per heavy atom. The summed E-state index contributed by atoms with van der Waals surface area (Å²) in [5.41, 5.74) is 3.13. The van der Waals surface area contributed by atoms with Gasteiger partial charge < -0.3 is 9.82 Å². The molecular formula is C20H15F3N4O2. The van der Waals surface area contributed by atoms with E-state index in [0.717, 1.165) is 22.5 Å². The van der Waals surface area contributed by atoms with Crippen LogP contribution < -0.4 is 10.3 Å². The third kappa shape index (κ3) is 3.54. The van der Waals surface area contributed by atoms with Crippen molar-refractivity contribution in [3.63, 3.8) is 0 Å². The van der Waals surface area contributed by atoms with Gasteiger partial charge in [-0.15, -0.1) is 0 Å². The number of benzene rings is 2. The number of carbonyl (C=O) groups is 1. The fraction of sp³-hybridized carbons (Fsp3) is 0.100. The number of alkyl halides is 3. The number of hydrogen-bond donors (Lipinski definition) is 3. The number of hydrogen-bond acceptors (Lipinski definition) is 3.